The van der Waals surface area contributed by atoms with Crippen molar-refractivity contribution >= 4 is 23.3 Å². The standard InChI is InChI=1S/C22H19N3O3/c1-15(26)17-8-5-9-19(12-17)25-21(27)18-10-11-23-20(13-18)22(28)24-14-16-6-3-2-4-7-16/h2-13H,14H2,1H3,(H,24,28)(H,25,27). The van der Waals surface area contributed by atoms with E-state index < -0.39 is 0 Å². The second kappa shape index (κ2) is 8.73. The molecule has 0 aliphatic heterocycles. The van der Waals surface area contributed by atoms with Gasteiger partial charge in [-0.1, -0.05) is 42.5 Å². The number of anilines is 1. The molecule has 0 spiro atoms. The van der Waals surface area contributed by atoms with Gasteiger partial charge in [-0.15, -0.1) is 0 Å². The van der Waals surface area contributed by atoms with Crippen LogP contribution < -0.4 is 10.6 Å². The average Bonchev–Trinajstić information content (AvgIpc) is 2.73. The zero-order chi connectivity index (χ0) is 19.9. The van der Waals surface area contributed by atoms with Crippen molar-refractivity contribution in [2.45, 2.75) is 13.5 Å². The second-order valence-electron chi connectivity index (χ2n) is 6.19. The predicted octanol–water partition coefficient (Wildman–Crippen LogP) is 3.47. The van der Waals surface area contributed by atoms with Crippen molar-refractivity contribution in [3.8, 4) is 0 Å². The molecule has 1 aromatic heterocycles. The molecule has 0 bridgehead atoms. The molecule has 2 aromatic carbocycles. The second-order valence-corrected chi connectivity index (χ2v) is 6.19. The number of hydrogen-bond acceptors (Lipinski definition) is 4. The molecule has 0 fully saturated rings. The van der Waals surface area contributed by atoms with Crippen LogP contribution in [-0.4, -0.2) is 22.6 Å². The monoisotopic (exact) mass is 373 g/mol. The van der Waals surface area contributed by atoms with Gasteiger partial charge in [-0.3, -0.25) is 19.4 Å². The number of rotatable bonds is 6. The maximum absolute atomic E-state index is 12.5. The minimum absolute atomic E-state index is 0.0858. The van der Waals surface area contributed by atoms with Gasteiger partial charge in [0.15, 0.2) is 5.78 Å². The molecule has 6 heteroatoms. The maximum atomic E-state index is 12.5. The van der Waals surface area contributed by atoms with Gasteiger partial charge in [0.2, 0.25) is 0 Å². The summed E-state index contributed by atoms with van der Waals surface area (Å²) < 4.78 is 0. The summed E-state index contributed by atoms with van der Waals surface area (Å²) in [6.45, 7) is 1.83. The normalized spacial score (nSPS) is 10.2. The molecule has 0 saturated carbocycles. The summed E-state index contributed by atoms with van der Waals surface area (Å²) in [5.74, 6) is -0.838. The fraction of sp³-hybridized carbons (Fsp3) is 0.0909. The molecule has 1 heterocycles. The van der Waals surface area contributed by atoms with E-state index in [1.807, 2.05) is 30.3 Å². The lowest BCUT2D eigenvalue weighted by atomic mass is 10.1. The Labute approximate surface area is 162 Å². The van der Waals surface area contributed by atoms with E-state index in [-0.39, 0.29) is 23.3 Å². The minimum Gasteiger partial charge on any atom is -0.347 e. The topological polar surface area (TPSA) is 88.2 Å². The lowest BCUT2D eigenvalue weighted by Gasteiger charge is -2.08. The first-order valence-corrected chi connectivity index (χ1v) is 8.73. The molecule has 2 N–H and O–H groups in total. The number of benzene rings is 2. The summed E-state index contributed by atoms with van der Waals surface area (Å²) in [5.41, 5.74) is 2.43. The van der Waals surface area contributed by atoms with Crippen LogP contribution in [0.3, 0.4) is 0 Å². The van der Waals surface area contributed by atoms with E-state index in [0.717, 1.165) is 5.56 Å². The van der Waals surface area contributed by atoms with Crippen LogP contribution in [0.25, 0.3) is 0 Å². The third kappa shape index (κ3) is 4.88. The number of nitrogens with one attached hydrogen (secondary N) is 2. The number of nitrogens with zero attached hydrogens (tertiary/aromatic N) is 1. The predicted molar refractivity (Wildman–Crippen MR) is 106 cm³/mol. The third-order valence-electron chi connectivity index (χ3n) is 4.08. The van der Waals surface area contributed by atoms with Crippen molar-refractivity contribution in [1.29, 1.82) is 0 Å². The van der Waals surface area contributed by atoms with Crippen molar-refractivity contribution < 1.29 is 14.4 Å². The van der Waals surface area contributed by atoms with Gasteiger partial charge < -0.3 is 10.6 Å². The van der Waals surface area contributed by atoms with E-state index in [9.17, 15) is 14.4 Å². The first-order valence-electron chi connectivity index (χ1n) is 8.73. The molecule has 28 heavy (non-hydrogen) atoms. The molecular weight excluding hydrogens is 354 g/mol. The van der Waals surface area contributed by atoms with E-state index in [0.29, 0.717) is 23.4 Å². The molecule has 0 aliphatic carbocycles. The number of carbonyl (C=O) groups excluding carboxylic acids is 3. The Morgan fingerprint density at radius 2 is 1.64 bits per heavy atom. The van der Waals surface area contributed by atoms with Gasteiger partial charge in [-0.25, -0.2) is 0 Å². The van der Waals surface area contributed by atoms with Crippen LogP contribution >= 0.6 is 0 Å². The number of aromatic nitrogens is 1. The van der Waals surface area contributed by atoms with Gasteiger partial charge in [0, 0.05) is 29.6 Å². The van der Waals surface area contributed by atoms with Gasteiger partial charge in [0.05, 0.1) is 0 Å². The zero-order valence-corrected chi connectivity index (χ0v) is 15.3. The molecule has 0 radical (unpaired) electrons. The van der Waals surface area contributed by atoms with Crippen LogP contribution in [0.5, 0.6) is 0 Å². The Morgan fingerprint density at radius 1 is 0.857 bits per heavy atom. The van der Waals surface area contributed by atoms with Crippen LogP contribution in [-0.2, 0) is 6.54 Å². The van der Waals surface area contributed by atoms with Crippen LogP contribution in [0, 0.1) is 0 Å². The number of pyridine rings is 1. The molecule has 0 aliphatic rings. The summed E-state index contributed by atoms with van der Waals surface area (Å²) in [4.78, 5) is 40.3. The van der Waals surface area contributed by atoms with Crippen LogP contribution in [0.4, 0.5) is 5.69 Å². The largest absolute Gasteiger partial charge is 0.347 e. The van der Waals surface area contributed by atoms with E-state index in [1.54, 1.807) is 24.3 Å². The lowest BCUT2D eigenvalue weighted by Crippen LogP contribution is -2.24. The highest BCUT2D eigenvalue weighted by atomic mass is 16.2. The van der Waals surface area contributed by atoms with Crippen molar-refractivity contribution in [2.24, 2.45) is 0 Å². The third-order valence-corrected chi connectivity index (χ3v) is 4.08. The molecule has 0 unspecified atom stereocenters. The van der Waals surface area contributed by atoms with Gasteiger partial charge in [0.1, 0.15) is 5.69 Å². The molecule has 0 saturated heterocycles. The number of hydrogen-bond donors (Lipinski definition) is 2. The number of amides is 2. The Bertz CT molecular complexity index is 1020. The highest BCUT2D eigenvalue weighted by Crippen LogP contribution is 2.13. The molecular formula is C22H19N3O3. The first-order chi connectivity index (χ1) is 13.5. The average molecular weight is 373 g/mol. The van der Waals surface area contributed by atoms with Crippen molar-refractivity contribution in [1.82, 2.24) is 10.3 Å². The Morgan fingerprint density at radius 3 is 2.39 bits per heavy atom. The summed E-state index contributed by atoms with van der Waals surface area (Å²) >= 11 is 0. The van der Waals surface area contributed by atoms with Crippen LogP contribution in [0.15, 0.2) is 72.9 Å². The summed E-state index contributed by atoms with van der Waals surface area (Å²) in [6, 6.07) is 19.1. The Hall–Kier alpha value is -3.80. The number of ketones is 1. The Kier molecular flexibility index (Phi) is 5.91. The molecule has 3 aromatic rings. The fourth-order valence-corrected chi connectivity index (χ4v) is 2.58. The van der Waals surface area contributed by atoms with Crippen molar-refractivity contribution in [3.05, 3.63) is 95.3 Å². The van der Waals surface area contributed by atoms with Gasteiger partial charge in [0.25, 0.3) is 11.8 Å². The number of carbonyl (C=O) groups is 3. The number of Topliss-reactive ketones (excluding diaryl/α,β-unsaturated/α-hetero) is 1. The molecule has 6 nitrogen and oxygen atoms in total. The summed E-state index contributed by atoms with van der Waals surface area (Å²) in [6.07, 6.45) is 1.42. The molecule has 140 valence electrons. The smallest absolute Gasteiger partial charge is 0.270 e. The molecule has 3 rings (SSSR count). The van der Waals surface area contributed by atoms with Gasteiger partial charge in [-0.05, 0) is 36.8 Å². The summed E-state index contributed by atoms with van der Waals surface area (Å²) in [5, 5.41) is 5.51. The quantitative estimate of drug-likeness (QED) is 0.648. The maximum Gasteiger partial charge on any atom is 0.270 e. The van der Waals surface area contributed by atoms with Crippen molar-refractivity contribution in [2.75, 3.05) is 5.32 Å². The van der Waals surface area contributed by atoms with Crippen LogP contribution in [0.1, 0.15) is 43.7 Å². The lowest BCUT2D eigenvalue weighted by molar-refractivity contribution is 0.0945. The molecule has 2 amide bonds. The van der Waals surface area contributed by atoms with E-state index in [4.69, 9.17) is 0 Å². The first kappa shape index (κ1) is 19.0. The van der Waals surface area contributed by atoms with E-state index in [1.165, 1.54) is 25.3 Å². The van der Waals surface area contributed by atoms with Crippen molar-refractivity contribution in [3.63, 3.8) is 0 Å². The highest BCUT2D eigenvalue weighted by molar-refractivity contribution is 6.06. The van der Waals surface area contributed by atoms with Crippen LogP contribution in [0.2, 0.25) is 0 Å². The highest BCUT2D eigenvalue weighted by Gasteiger charge is 2.12. The molecule has 0 atom stereocenters. The Balaban J connectivity index is 1.68. The fourth-order valence-electron chi connectivity index (χ4n) is 2.58. The van der Waals surface area contributed by atoms with E-state index >= 15 is 0 Å². The summed E-state index contributed by atoms with van der Waals surface area (Å²) in [7, 11) is 0. The zero-order valence-electron chi connectivity index (χ0n) is 15.3. The van der Waals surface area contributed by atoms with E-state index in [2.05, 4.69) is 15.6 Å². The van der Waals surface area contributed by atoms with Gasteiger partial charge >= 0.3 is 0 Å². The minimum atomic E-state index is -0.389. The SMILES string of the molecule is CC(=O)c1cccc(NC(=O)c2ccnc(C(=O)NCc3ccccc3)c2)c1. The van der Waals surface area contributed by atoms with Gasteiger partial charge in [-0.2, -0.15) is 0 Å².